The van der Waals surface area contributed by atoms with Crippen molar-refractivity contribution < 1.29 is 8.42 Å². The second kappa shape index (κ2) is 7.93. The van der Waals surface area contributed by atoms with Crippen LogP contribution in [0.2, 0.25) is 0 Å². The van der Waals surface area contributed by atoms with Crippen molar-refractivity contribution in [3.8, 4) is 0 Å². The molecule has 2 saturated carbocycles. The Hall–Kier alpha value is -0.130. The first-order valence-electron chi connectivity index (χ1n) is 8.78. The molecule has 2 aliphatic carbocycles. The van der Waals surface area contributed by atoms with E-state index in [2.05, 4.69) is 6.92 Å². The summed E-state index contributed by atoms with van der Waals surface area (Å²) in [5, 5.41) is 0. The number of sulfonamides is 1. The molecule has 4 nitrogen and oxygen atoms in total. The summed E-state index contributed by atoms with van der Waals surface area (Å²) in [6, 6.07) is 0.462. The summed E-state index contributed by atoms with van der Waals surface area (Å²) in [4.78, 5) is 0. The van der Waals surface area contributed by atoms with Crippen molar-refractivity contribution >= 4 is 10.0 Å². The molecule has 0 bridgehead atoms. The Kier molecular flexibility index (Phi) is 6.51. The average molecular weight is 317 g/mol. The molecule has 5 heteroatoms. The van der Waals surface area contributed by atoms with E-state index < -0.39 is 10.0 Å². The van der Waals surface area contributed by atoms with Gasteiger partial charge in [0.25, 0.3) is 0 Å². The molecule has 0 aromatic carbocycles. The third-order valence-electron chi connectivity index (χ3n) is 5.12. The van der Waals surface area contributed by atoms with Crippen LogP contribution >= 0.6 is 0 Å². The molecule has 0 aromatic heterocycles. The van der Waals surface area contributed by atoms with Gasteiger partial charge < -0.3 is 5.73 Å². The molecule has 2 aliphatic rings. The Morgan fingerprint density at radius 2 is 1.62 bits per heavy atom. The first-order valence-corrected chi connectivity index (χ1v) is 10.4. The third kappa shape index (κ3) is 4.93. The van der Waals surface area contributed by atoms with E-state index in [-0.39, 0.29) is 12.1 Å². The fraction of sp³-hybridized carbons (Fsp3) is 1.00. The van der Waals surface area contributed by atoms with Gasteiger partial charge in [-0.05, 0) is 50.9 Å². The first kappa shape index (κ1) is 17.2. The van der Waals surface area contributed by atoms with Crippen LogP contribution < -0.4 is 5.73 Å². The maximum absolute atomic E-state index is 12.9. The summed E-state index contributed by atoms with van der Waals surface area (Å²) in [7, 11) is -3.11. The number of nitrogens with two attached hydrogens (primary N) is 1. The summed E-state index contributed by atoms with van der Waals surface area (Å²) in [5.74, 6) is 0.754. The van der Waals surface area contributed by atoms with E-state index in [1.807, 2.05) is 4.31 Å². The van der Waals surface area contributed by atoms with Crippen molar-refractivity contribution in [2.45, 2.75) is 83.2 Å². The number of rotatable bonds is 6. The van der Waals surface area contributed by atoms with Gasteiger partial charge in [0.05, 0.1) is 5.75 Å². The highest BCUT2D eigenvalue weighted by atomic mass is 32.2. The molecular formula is C16H32N2O2S. The van der Waals surface area contributed by atoms with Gasteiger partial charge in [0, 0.05) is 18.6 Å². The highest BCUT2D eigenvalue weighted by molar-refractivity contribution is 7.89. The summed E-state index contributed by atoms with van der Waals surface area (Å²) in [5.41, 5.74) is 5.96. The molecule has 0 unspecified atom stereocenters. The smallest absolute Gasteiger partial charge is 0.214 e. The van der Waals surface area contributed by atoms with E-state index in [1.54, 1.807) is 0 Å². The van der Waals surface area contributed by atoms with E-state index in [1.165, 1.54) is 19.3 Å². The maximum Gasteiger partial charge on any atom is 0.214 e. The summed E-state index contributed by atoms with van der Waals surface area (Å²) >= 11 is 0. The lowest BCUT2D eigenvalue weighted by atomic mass is 9.91. The highest BCUT2D eigenvalue weighted by Crippen LogP contribution is 2.29. The lowest BCUT2D eigenvalue weighted by Crippen LogP contribution is -2.46. The number of hydrogen-bond donors (Lipinski definition) is 1. The SMILES string of the molecule is CCCN(C1CCC(N)CC1)S(=O)(=O)CC1CCCCC1. The Morgan fingerprint density at radius 1 is 1.00 bits per heavy atom. The fourth-order valence-electron chi connectivity index (χ4n) is 3.91. The topological polar surface area (TPSA) is 63.4 Å². The van der Waals surface area contributed by atoms with Crippen molar-refractivity contribution in [3.05, 3.63) is 0 Å². The van der Waals surface area contributed by atoms with Gasteiger partial charge in [0.2, 0.25) is 10.0 Å². The van der Waals surface area contributed by atoms with Crippen molar-refractivity contribution in [3.63, 3.8) is 0 Å². The maximum atomic E-state index is 12.9. The third-order valence-corrected chi connectivity index (χ3v) is 7.21. The van der Waals surface area contributed by atoms with Gasteiger partial charge in [-0.15, -0.1) is 0 Å². The predicted octanol–water partition coefficient (Wildman–Crippen LogP) is 2.88. The van der Waals surface area contributed by atoms with E-state index in [0.29, 0.717) is 18.2 Å². The van der Waals surface area contributed by atoms with Crippen LogP contribution in [0.5, 0.6) is 0 Å². The minimum atomic E-state index is -3.11. The van der Waals surface area contributed by atoms with Gasteiger partial charge in [-0.25, -0.2) is 8.42 Å². The van der Waals surface area contributed by atoms with Crippen LogP contribution in [0.25, 0.3) is 0 Å². The lowest BCUT2D eigenvalue weighted by Gasteiger charge is -2.36. The normalized spacial score (nSPS) is 28.9. The predicted molar refractivity (Wildman–Crippen MR) is 87.6 cm³/mol. The molecule has 0 atom stereocenters. The van der Waals surface area contributed by atoms with Crippen LogP contribution in [0.3, 0.4) is 0 Å². The van der Waals surface area contributed by atoms with Crippen LogP contribution in [-0.2, 0) is 10.0 Å². The molecular weight excluding hydrogens is 284 g/mol. The molecule has 2 rings (SSSR count). The van der Waals surface area contributed by atoms with Crippen LogP contribution in [-0.4, -0.2) is 37.1 Å². The van der Waals surface area contributed by atoms with E-state index >= 15 is 0 Å². The van der Waals surface area contributed by atoms with Gasteiger partial charge in [-0.2, -0.15) is 4.31 Å². The van der Waals surface area contributed by atoms with Gasteiger partial charge in [-0.3, -0.25) is 0 Å². The van der Waals surface area contributed by atoms with Crippen molar-refractivity contribution in [1.29, 1.82) is 0 Å². The molecule has 2 fully saturated rings. The number of nitrogens with zero attached hydrogens (tertiary/aromatic N) is 1. The molecule has 0 spiro atoms. The summed E-state index contributed by atoms with van der Waals surface area (Å²) in [6.07, 6.45) is 10.5. The Labute approximate surface area is 130 Å². The van der Waals surface area contributed by atoms with Crippen LogP contribution in [0.15, 0.2) is 0 Å². The van der Waals surface area contributed by atoms with Gasteiger partial charge in [0.1, 0.15) is 0 Å². The standard InChI is InChI=1S/C16H32N2O2S/c1-2-12-18(16-10-8-15(17)9-11-16)21(19,20)13-14-6-4-3-5-7-14/h14-16H,2-13,17H2,1H3. The lowest BCUT2D eigenvalue weighted by molar-refractivity contribution is 0.238. The minimum absolute atomic E-state index is 0.193. The van der Waals surface area contributed by atoms with Crippen molar-refractivity contribution in [2.24, 2.45) is 11.7 Å². The second-order valence-corrected chi connectivity index (χ2v) is 8.93. The van der Waals surface area contributed by atoms with Crippen LogP contribution in [0.1, 0.15) is 71.1 Å². The van der Waals surface area contributed by atoms with E-state index in [4.69, 9.17) is 5.73 Å². The Bertz CT molecular complexity index is 397. The van der Waals surface area contributed by atoms with Crippen molar-refractivity contribution in [2.75, 3.05) is 12.3 Å². The molecule has 21 heavy (non-hydrogen) atoms. The molecule has 0 saturated heterocycles. The zero-order valence-corrected chi connectivity index (χ0v) is 14.3. The van der Waals surface area contributed by atoms with Gasteiger partial charge >= 0.3 is 0 Å². The van der Waals surface area contributed by atoms with E-state index in [0.717, 1.165) is 44.9 Å². The molecule has 0 heterocycles. The summed E-state index contributed by atoms with van der Waals surface area (Å²) < 4.78 is 27.6. The van der Waals surface area contributed by atoms with Crippen LogP contribution in [0, 0.1) is 5.92 Å². The minimum Gasteiger partial charge on any atom is -0.328 e. The van der Waals surface area contributed by atoms with Crippen LogP contribution in [0.4, 0.5) is 0 Å². The highest BCUT2D eigenvalue weighted by Gasteiger charge is 2.33. The van der Waals surface area contributed by atoms with E-state index in [9.17, 15) is 8.42 Å². The van der Waals surface area contributed by atoms with Gasteiger partial charge in [-0.1, -0.05) is 26.2 Å². The molecule has 0 aliphatic heterocycles. The molecule has 124 valence electrons. The zero-order chi connectivity index (χ0) is 15.3. The molecule has 0 radical (unpaired) electrons. The first-order chi connectivity index (χ1) is 10.0. The fourth-order valence-corrected chi connectivity index (χ4v) is 6.15. The van der Waals surface area contributed by atoms with Gasteiger partial charge in [0.15, 0.2) is 0 Å². The average Bonchev–Trinajstić information content (AvgIpc) is 2.46. The molecule has 0 amide bonds. The summed E-state index contributed by atoms with van der Waals surface area (Å²) in [6.45, 7) is 2.74. The largest absolute Gasteiger partial charge is 0.328 e. The van der Waals surface area contributed by atoms with Crippen molar-refractivity contribution in [1.82, 2.24) is 4.31 Å². The molecule has 0 aromatic rings. The quantitative estimate of drug-likeness (QED) is 0.819. The Morgan fingerprint density at radius 3 is 2.19 bits per heavy atom. The number of hydrogen-bond acceptors (Lipinski definition) is 3. The molecule has 2 N–H and O–H groups in total. The zero-order valence-electron chi connectivity index (χ0n) is 13.5. The second-order valence-electron chi connectivity index (χ2n) is 6.96. The Balaban J connectivity index is 2.00. The monoisotopic (exact) mass is 316 g/mol.